The normalized spacial score (nSPS) is 15.9. The van der Waals surface area contributed by atoms with Crippen molar-refractivity contribution in [1.29, 1.82) is 0 Å². The lowest BCUT2D eigenvalue weighted by atomic mass is 10.2. The van der Waals surface area contributed by atoms with Crippen LogP contribution in [0.15, 0.2) is 35.2 Å². The Morgan fingerprint density at radius 1 is 1.28 bits per heavy atom. The Hall–Kier alpha value is -1.98. The molecular weight excluding hydrogens is 447 g/mol. The van der Waals surface area contributed by atoms with Gasteiger partial charge in [-0.3, -0.25) is 14.5 Å². The lowest BCUT2D eigenvalue weighted by molar-refractivity contribution is -0.122. The number of terminal acetylenes is 1. The highest BCUT2D eigenvalue weighted by Gasteiger charge is 2.34. The van der Waals surface area contributed by atoms with Gasteiger partial charge in [-0.2, -0.15) is 0 Å². The van der Waals surface area contributed by atoms with Gasteiger partial charge in [0.1, 0.15) is 0 Å². The average Bonchev–Trinajstić information content (AvgIpc) is 2.98. The Labute approximate surface area is 164 Å². The highest BCUT2D eigenvalue weighted by atomic mass is 127. The van der Waals surface area contributed by atoms with E-state index in [1.165, 1.54) is 0 Å². The van der Waals surface area contributed by atoms with Gasteiger partial charge in [0.05, 0.1) is 11.4 Å². The second-order valence-corrected chi connectivity index (χ2v) is 7.85. The van der Waals surface area contributed by atoms with E-state index in [-0.39, 0.29) is 17.7 Å². The SMILES string of the molecule is C#CCN1C(=O)SC(=Cc2cc(C)n(-c3cccc(I)c3)c2C)C1=O. The third kappa shape index (κ3) is 3.39. The van der Waals surface area contributed by atoms with E-state index >= 15 is 0 Å². The number of hydrogen-bond acceptors (Lipinski definition) is 3. The predicted molar refractivity (Wildman–Crippen MR) is 109 cm³/mol. The lowest BCUT2D eigenvalue weighted by Gasteiger charge is -2.10. The van der Waals surface area contributed by atoms with Crippen LogP contribution in [0.1, 0.15) is 17.0 Å². The Balaban J connectivity index is 2.01. The molecule has 1 aliphatic rings. The first kappa shape index (κ1) is 17.8. The summed E-state index contributed by atoms with van der Waals surface area (Å²) >= 11 is 3.22. The number of rotatable bonds is 3. The number of imide groups is 1. The molecule has 4 nitrogen and oxygen atoms in total. The number of aryl methyl sites for hydroxylation is 1. The second-order valence-electron chi connectivity index (χ2n) is 5.61. The molecule has 2 heterocycles. The molecule has 1 aromatic carbocycles. The largest absolute Gasteiger partial charge is 0.318 e. The van der Waals surface area contributed by atoms with E-state index in [4.69, 9.17) is 6.42 Å². The summed E-state index contributed by atoms with van der Waals surface area (Å²) in [6.07, 6.45) is 7.00. The summed E-state index contributed by atoms with van der Waals surface area (Å²) in [5.74, 6) is 2.02. The number of aromatic nitrogens is 1. The fourth-order valence-corrected chi connectivity index (χ4v) is 4.17. The van der Waals surface area contributed by atoms with Crippen molar-refractivity contribution in [2.24, 2.45) is 0 Å². The standard InChI is InChI=1S/C19H15IN2O2S/c1-4-8-21-18(23)17(25-19(21)24)10-14-9-12(2)22(13(14)3)16-7-5-6-15(20)11-16/h1,5-7,9-11H,8H2,2-3H3. The summed E-state index contributed by atoms with van der Waals surface area (Å²) in [4.78, 5) is 25.8. The minimum atomic E-state index is -0.327. The summed E-state index contributed by atoms with van der Waals surface area (Å²) in [5, 5.41) is -0.319. The van der Waals surface area contributed by atoms with Gasteiger partial charge in [-0.1, -0.05) is 12.0 Å². The molecule has 0 saturated carbocycles. The Morgan fingerprint density at radius 3 is 2.72 bits per heavy atom. The van der Waals surface area contributed by atoms with Crippen LogP contribution < -0.4 is 0 Å². The average molecular weight is 462 g/mol. The number of halogens is 1. The van der Waals surface area contributed by atoms with Gasteiger partial charge < -0.3 is 4.57 Å². The van der Waals surface area contributed by atoms with Crippen molar-refractivity contribution in [1.82, 2.24) is 9.47 Å². The lowest BCUT2D eigenvalue weighted by Crippen LogP contribution is -2.28. The second kappa shape index (κ2) is 7.10. The van der Waals surface area contributed by atoms with Gasteiger partial charge in [-0.25, -0.2) is 0 Å². The molecule has 1 aromatic heterocycles. The molecule has 0 aliphatic carbocycles. The van der Waals surface area contributed by atoms with Crippen LogP contribution in [0.5, 0.6) is 0 Å². The van der Waals surface area contributed by atoms with Crippen LogP contribution in [-0.2, 0) is 4.79 Å². The first-order valence-electron chi connectivity index (χ1n) is 7.56. The molecule has 2 aromatic rings. The van der Waals surface area contributed by atoms with Crippen molar-refractivity contribution in [2.45, 2.75) is 13.8 Å². The number of nitrogens with zero attached hydrogens (tertiary/aromatic N) is 2. The van der Waals surface area contributed by atoms with Gasteiger partial charge in [-0.15, -0.1) is 6.42 Å². The Morgan fingerprint density at radius 2 is 2.04 bits per heavy atom. The third-order valence-electron chi connectivity index (χ3n) is 3.95. The summed E-state index contributed by atoms with van der Waals surface area (Å²) < 4.78 is 3.29. The van der Waals surface area contributed by atoms with Crippen LogP contribution in [-0.4, -0.2) is 27.2 Å². The van der Waals surface area contributed by atoms with E-state index in [9.17, 15) is 9.59 Å². The van der Waals surface area contributed by atoms with Gasteiger partial charge in [0.2, 0.25) is 0 Å². The minimum Gasteiger partial charge on any atom is -0.318 e. The van der Waals surface area contributed by atoms with Crippen molar-refractivity contribution in [2.75, 3.05) is 6.54 Å². The molecule has 0 bridgehead atoms. The molecule has 1 aliphatic heterocycles. The van der Waals surface area contributed by atoms with Crippen LogP contribution in [0.2, 0.25) is 0 Å². The van der Waals surface area contributed by atoms with Crippen molar-refractivity contribution in [3.05, 3.63) is 55.8 Å². The maximum Gasteiger partial charge on any atom is 0.294 e. The monoisotopic (exact) mass is 462 g/mol. The number of carbonyl (C=O) groups excluding carboxylic acids is 2. The van der Waals surface area contributed by atoms with Crippen LogP contribution >= 0.6 is 34.4 Å². The quantitative estimate of drug-likeness (QED) is 0.387. The van der Waals surface area contributed by atoms with E-state index in [0.29, 0.717) is 4.91 Å². The molecule has 0 radical (unpaired) electrons. The van der Waals surface area contributed by atoms with E-state index in [2.05, 4.69) is 39.1 Å². The predicted octanol–water partition coefficient (Wildman–Crippen LogP) is 4.37. The Kier molecular flexibility index (Phi) is 5.06. The number of amides is 2. The molecule has 1 saturated heterocycles. The summed E-state index contributed by atoms with van der Waals surface area (Å²) in [5.41, 5.74) is 4.07. The molecule has 0 atom stereocenters. The Bertz CT molecular complexity index is 953. The first-order chi connectivity index (χ1) is 11.9. The number of carbonyl (C=O) groups is 2. The first-order valence-corrected chi connectivity index (χ1v) is 9.45. The zero-order chi connectivity index (χ0) is 18.1. The molecule has 2 amide bonds. The fourth-order valence-electron chi connectivity index (χ4n) is 2.82. The highest BCUT2D eigenvalue weighted by molar-refractivity contribution is 14.1. The minimum absolute atomic E-state index is 0.00345. The van der Waals surface area contributed by atoms with Crippen LogP contribution in [0.25, 0.3) is 11.8 Å². The van der Waals surface area contributed by atoms with E-state index in [1.807, 2.05) is 38.1 Å². The van der Waals surface area contributed by atoms with E-state index in [1.54, 1.807) is 6.08 Å². The van der Waals surface area contributed by atoms with Gasteiger partial charge in [-0.05, 0) is 84.1 Å². The van der Waals surface area contributed by atoms with Crippen molar-refractivity contribution in [3.8, 4) is 18.0 Å². The van der Waals surface area contributed by atoms with Crippen molar-refractivity contribution in [3.63, 3.8) is 0 Å². The summed E-state index contributed by atoms with van der Waals surface area (Å²) in [6.45, 7) is 4.03. The zero-order valence-corrected chi connectivity index (χ0v) is 16.7. The summed E-state index contributed by atoms with van der Waals surface area (Å²) in [6, 6.07) is 10.2. The zero-order valence-electron chi connectivity index (χ0n) is 13.7. The molecule has 126 valence electrons. The van der Waals surface area contributed by atoms with E-state index in [0.717, 1.165) is 42.9 Å². The van der Waals surface area contributed by atoms with Gasteiger partial charge in [0.25, 0.3) is 11.1 Å². The molecule has 0 spiro atoms. The molecule has 0 N–H and O–H groups in total. The smallest absolute Gasteiger partial charge is 0.294 e. The molecule has 3 rings (SSSR count). The van der Waals surface area contributed by atoms with Crippen molar-refractivity contribution < 1.29 is 9.59 Å². The van der Waals surface area contributed by atoms with E-state index < -0.39 is 0 Å². The van der Waals surface area contributed by atoms with Gasteiger partial charge in [0.15, 0.2) is 0 Å². The molecular formula is C19H15IN2O2S. The molecule has 25 heavy (non-hydrogen) atoms. The number of hydrogen-bond donors (Lipinski definition) is 0. The number of thioether (sulfide) groups is 1. The molecule has 0 unspecified atom stereocenters. The van der Waals surface area contributed by atoms with Crippen molar-refractivity contribution >= 4 is 51.6 Å². The topological polar surface area (TPSA) is 42.3 Å². The maximum absolute atomic E-state index is 12.3. The maximum atomic E-state index is 12.3. The third-order valence-corrected chi connectivity index (χ3v) is 5.52. The number of benzene rings is 1. The summed E-state index contributed by atoms with van der Waals surface area (Å²) in [7, 11) is 0. The molecule has 6 heteroatoms. The van der Waals surface area contributed by atoms with Gasteiger partial charge >= 0.3 is 0 Å². The molecule has 1 fully saturated rings. The van der Waals surface area contributed by atoms with Crippen LogP contribution in [0, 0.1) is 29.8 Å². The fraction of sp³-hybridized carbons (Fsp3) is 0.158. The van der Waals surface area contributed by atoms with Crippen LogP contribution in [0.3, 0.4) is 0 Å². The van der Waals surface area contributed by atoms with Gasteiger partial charge in [0, 0.05) is 20.6 Å². The van der Waals surface area contributed by atoms with Crippen LogP contribution in [0.4, 0.5) is 4.79 Å². The highest BCUT2D eigenvalue weighted by Crippen LogP contribution is 2.33.